The highest BCUT2D eigenvalue weighted by atomic mass is 16.4. The Kier molecular flexibility index (Phi) is 4.88. The average Bonchev–Trinajstić information content (AvgIpc) is 3.32. The number of hydrogen-bond acceptors (Lipinski definition) is 6. The van der Waals surface area contributed by atoms with E-state index in [1.165, 1.54) is 0 Å². The number of para-hydroxylation sites is 1. The van der Waals surface area contributed by atoms with Crippen LogP contribution in [0, 0.1) is 6.92 Å². The molecule has 3 N–H and O–H groups in total. The standard InChI is InChI=1S/C24H22N4O4/c1-14-22-18(15-7-9-16(10-8-15)27-12-20(29)21(30)13-27)11-19(24(31)32)25-23(22)28(26-14)17-5-3-2-4-6-17/h2-11,20-21,29-30H,12-13H2,1H3,(H,31,32)/t20-,21-/m1/s1. The van der Waals surface area contributed by atoms with Crippen LogP contribution in [0.2, 0.25) is 0 Å². The number of fused-ring (bicyclic) bond motifs is 1. The van der Waals surface area contributed by atoms with Crippen molar-refractivity contribution in [2.45, 2.75) is 19.1 Å². The van der Waals surface area contributed by atoms with E-state index in [2.05, 4.69) is 10.1 Å². The summed E-state index contributed by atoms with van der Waals surface area (Å²) < 4.78 is 1.67. The highest BCUT2D eigenvalue weighted by Gasteiger charge is 2.29. The van der Waals surface area contributed by atoms with Crippen molar-refractivity contribution in [3.63, 3.8) is 0 Å². The van der Waals surface area contributed by atoms with Crippen LogP contribution in [0.25, 0.3) is 27.8 Å². The van der Waals surface area contributed by atoms with Gasteiger partial charge >= 0.3 is 5.97 Å². The first-order valence-electron chi connectivity index (χ1n) is 10.3. The van der Waals surface area contributed by atoms with Gasteiger partial charge in [0.15, 0.2) is 11.3 Å². The smallest absolute Gasteiger partial charge is 0.354 e. The van der Waals surface area contributed by atoms with Gasteiger partial charge in [0, 0.05) is 18.8 Å². The summed E-state index contributed by atoms with van der Waals surface area (Å²) in [6.07, 6.45) is -1.53. The molecular weight excluding hydrogens is 408 g/mol. The maximum absolute atomic E-state index is 11.8. The molecule has 8 heteroatoms. The quantitative estimate of drug-likeness (QED) is 0.456. The van der Waals surface area contributed by atoms with Crippen LogP contribution < -0.4 is 4.90 Å². The Labute approximate surface area is 184 Å². The van der Waals surface area contributed by atoms with E-state index in [-0.39, 0.29) is 5.69 Å². The van der Waals surface area contributed by atoms with E-state index < -0.39 is 18.2 Å². The number of carboxylic acid groups (broad SMARTS) is 1. The molecule has 0 aliphatic carbocycles. The van der Waals surface area contributed by atoms with Crippen molar-refractivity contribution in [1.82, 2.24) is 14.8 Å². The molecule has 4 aromatic rings. The Balaban J connectivity index is 1.64. The Morgan fingerprint density at radius 1 is 0.969 bits per heavy atom. The molecule has 0 radical (unpaired) electrons. The lowest BCUT2D eigenvalue weighted by Gasteiger charge is -2.18. The number of carboxylic acids is 1. The number of hydrogen-bond donors (Lipinski definition) is 3. The molecule has 8 nitrogen and oxygen atoms in total. The first kappa shape index (κ1) is 20.2. The summed E-state index contributed by atoms with van der Waals surface area (Å²) in [6, 6.07) is 18.7. The van der Waals surface area contributed by atoms with Gasteiger partial charge in [-0.05, 0) is 48.4 Å². The molecule has 1 saturated heterocycles. The van der Waals surface area contributed by atoms with Crippen LogP contribution in [0.3, 0.4) is 0 Å². The number of aromatic nitrogens is 3. The number of aliphatic hydroxyl groups excluding tert-OH is 2. The number of aliphatic hydroxyl groups is 2. The Morgan fingerprint density at radius 3 is 2.25 bits per heavy atom. The van der Waals surface area contributed by atoms with Crippen molar-refractivity contribution in [3.8, 4) is 16.8 Å². The molecule has 162 valence electrons. The fourth-order valence-corrected chi connectivity index (χ4v) is 4.21. The van der Waals surface area contributed by atoms with Gasteiger partial charge in [0.1, 0.15) is 0 Å². The summed E-state index contributed by atoms with van der Waals surface area (Å²) in [4.78, 5) is 18.1. The first-order chi connectivity index (χ1) is 15.4. The molecule has 2 aromatic carbocycles. The second kappa shape index (κ2) is 7.74. The predicted octanol–water partition coefficient (Wildman–Crippen LogP) is 2.64. The van der Waals surface area contributed by atoms with E-state index in [1.807, 2.05) is 66.4 Å². The Bertz CT molecular complexity index is 1290. The van der Waals surface area contributed by atoms with Crippen molar-refractivity contribution in [2.75, 3.05) is 18.0 Å². The average molecular weight is 430 g/mol. The molecule has 1 aliphatic rings. The van der Waals surface area contributed by atoms with E-state index in [0.29, 0.717) is 18.7 Å². The predicted molar refractivity (Wildman–Crippen MR) is 120 cm³/mol. The topological polar surface area (TPSA) is 112 Å². The molecule has 2 aromatic heterocycles. The molecule has 3 heterocycles. The first-order valence-corrected chi connectivity index (χ1v) is 10.3. The van der Waals surface area contributed by atoms with Gasteiger partial charge in [0.2, 0.25) is 0 Å². The molecule has 1 fully saturated rings. The lowest BCUT2D eigenvalue weighted by atomic mass is 10.0. The third-order valence-corrected chi connectivity index (χ3v) is 5.84. The Hall–Kier alpha value is -3.75. The van der Waals surface area contributed by atoms with Gasteiger partial charge in [-0.2, -0.15) is 5.10 Å². The summed E-state index contributed by atoms with van der Waals surface area (Å²) in [6.45, 7) is 2.62. The van der Waals surface area contributed by atoms with Crippen LogP contribution in [-0.2, 0) is 0 Å². The van der Waals surface area contributed by atoms with Gasteiger partial charge in [-0.3, -0.25) is 0 Å². The van der Waals surface area contributed by atoms with Crippen molar-refractivity contribution in [2.24, 2.45) is 0 Å². The molecule has 0 bridgehead atoms. The number of nitrogens with zero attached hydrogens (tertiary/aromatic N) is 4. The molecule has 2 atom stereocenters. The number of benzene rings is 2. The summed E-state index contributed by atoms with van der Waals surface area (Å²) in [7, 11) is 0. The zero-order valence-electron chi connectivity index (χ0n) is 17.4. The third-order valence-electron chi connectivity index (χ3n) is 5.84. The normalized spacial score (nSPS) is 18.4. The second-order valence-electron chi connectivity index (χ2n) is 7.98. The maximum atomic E-state index is 11.8. The largest absolute Gasteiger partial charge is 0.477 e. The van der Waals surface area contributed by atoms with Crippen LogP contribution in [-0.4, -0.2) is 61.4 Å². The zero-order valence-corrected chi connectivity index (χ0v) is 17.4. The fraction of sp³-hybridized carbons (Fsp3) is 0.208. The van der Waals surface area contributed by atoms with Crippen molar-refractivity contribution in [3.05, 3.63) is 72.1 Å². The number of aryl methyl sites for hydroxylation is 1. The Morgan fingerprint density at radius 2 is 1.62 bits per heavy atom. The number of aromatic carboxylic acids is 1. The molecule has 5 rings (SSSR count). The van der Waals surface area contributed by atoms with E-state index in [1.54, 1.807) is 10.7 Å². The van der Waals surface area contributed by atoms with Crippen molar-refractivity contribution in [1.29, 1.82) is 0 Å². The van der Waals surface area contributed by atoms with Crippen LogP contribution >= 0.6 is 0 Å². The summed E-state index contributed by atoms with van der Waals surface area (Å²) in [5.41, 5.74) is 4.42. The van der Waals surface area contributed by atoms with Gasteiger partial charge < -0.3 is 20.2 Å². The molecule has 0 spiro atoms. The molecular formula is C24H22N4O4. The van der Waals surface area contributed by atoms with Gasteiger partial charge in [0.25, 0.3) is 0 Å². The van der Waals surface area contributed by atoms with Gasteiger partial charge in [0.05, 0.1) is 29.0 Å². The lowest BCUT2D eigenvalue weighted by molar-refractivity contribution is 0.0572. The van der Waals surface area contributed by atoms with Crippen LogP contribution in [0.1, 0.15) is 16.2 Å². The maximum Gasteiger partial charge on any atom is 0.354 e. The van der Waals surface area contributed by atoms with E-state index in [0.717, 1.165) is 33.6 Å². The number of rotatable bonds is 4. The van der Waals surface area contributed by atoms with E-state index >= 15 is 0 Å². The van der Waals surface area contributed by atoms with Gasteiger partial charge in [-0.25, -0.2) is 14.5 Å². The zero-order chi connectivity index (χ0) is 22.4. The van der Waals surface area contributed by atoms with Crippen molar-refractivity contribution < 1.29 is 20.1 Å². The SMILES string of the molecule is Cc1nn(-c2ccccc2)c2nc(C(=O)O)cc(-c3ccc(N4C[C@@H](O)[C@H](O)C4)cc3)c12. The van der Waals surface area contributed by atoms with Crippen LogP contribution in [0.4, 0.5) is 5.69 Å². The molecule has 32 heavy (non-hydrogen) atoms. The summed E-state index contributed by atoms with van der Waals surface area (Å²) in [5, 5.41) is 34.8. The van der Waals surface area contributed by atoms with Gasteiger partial charge in [-0.15, -0.1) is 0 Å². The minimum atomic E-state index is -1.11. The lowest BCUT2D eigenvalue weighted by Crippen LogP contribution is -2.22. The highest BCUT2D eigenvalue weighted by molar-refractivity contribution is 6.00. The highest BCUT2D eigenvalue weighted by Crippen LogP contribution is 2.33. The number of pyridine rings is 1. The van der Waals surface area contributed by atoms with E-state index in [4.69, 9.17) is 0 Å². The second-order valence-corrected chi connectivity index (χ2v) is 7.98. The van der Waals surface area contributed by atoms with Crippen molar-refractivity contribution >= 4 is 22.7 Å². The summed E-state index contributed by atoms with van der Waals surface area (Å²) in [5.74, 6) is -1.11. The fourth-order valence-electron chi connectivity index (χ4n) is 4.21. The molecule has 0 unspecified atom stereocenters. The number of carbonyl (C=O) groups is 1. The minimum Gasteiger partial charge on any atom is -0.477 e. The van der Waals surface area contributed by atoms with E-state index in [9.17, 15) is 20.1 Å². The van der Waals surface area contributed by atoms with Crippen LogP contribution in [0.15, 0.2) is 60.7 Å². The number of anilines is 1. The third kappa shape index (κ3) is 3.39. The molecule has 0 saturated carbocycles. The molecule has 1 aliphatic heterocycles. The number of β-amino-alcohol motifs (C(OH)–C–C–N with tert-alkyl or cyclic N) is 2. The minimum absolute atomic E-state index is 0.0561. The molecule has 0 amide bonds. The monoisotopic (exact) mass is 430 g/mol. The van der Waals surface area contributed by atoms with Gasteiger partial charge in [-0.1, -0.05) is 30.3 Å². The summed E-state index contributed by atoms with van der Waals surface area (Å²) >= 11 is 0. The van der Waals surface area contributed by atoms with Crippen LogP contribution in [0.5, 0.6) is 0 Å².